The largest absolute Gasteiger partial charge is 0.417 e. The van der Waals surface area contributed by atoms with Gasteiger partial charge in [0.05, 0.1) is 5.56 Å². The first-order valence-electron chi connectivity index (χ1n) is 6.10. The van der Waals surface area contributed by atoms with Gasteiger partial charge in [0, 0.05) is 15.6 Å². The van der Waals surface area contributed by atoms with Gasteiger partial charge in [-0.15, -0.1) is 0 Å². The Bertz CT molecular complexity index is 615. The molecule has 1 aromatic carbocycles. The molecule has 21 heavy (non-hydrogen) atoms. The van der Waals surface area contributed by atoms with Crippen LogP contribution in [0.3, 0.4) is 0 Å². The van der Waals surface area contributed by atoms with Gasteiger partial charge in [-0.05, 0) is 42.8 Å². The van der Waals surface area contributed by atoms with Gasteiger partial charge in [0.2, 0.25) is 0 Å². The number of hydrogen-bond donors (Lipinski definition) is 1. The number of pyridine rings is 1. The molecule has 2 N–H and O–H groups in total. The van der Waals surface area contributed by atoms with Crippen molar-refractivity contribution in [1.29, 1.82) is 0 Å². The number of alkyl halides is 3. The molecule has 0 amide bonds. The van der Waals surface area contributed by atoms with Crippen LogP contribution in [0.4, 0.5) is 13.2 Å². The maximum atomic E-state index is 12.5. The minimum Gasteiger partial charge on any atom is -0.330 e. The van der Waals surface area contributed by atoms with Gasteiger partial charge in [0.25, 0.3) is 0 Å². The van der Waals surface area contributed by atoms with Gasteiger partial charge in [-0.25, -0.2) is 4.98 Å². The Morgan fingerprint density at radius 1 is 1.19 bits per heavy atom. The molecule has 0 bridgehead atoms. The first-order valence-corrected chi connectivity index (χ1v) is 7.70. The summed E-state index contributed by atoms with van der Waals surface area (Å²) in [6.45, 7) is 0.561. The number of rotatable bonds is 4. The minimum absolute atomic E-state index is 0.515. The molecule has 0 saturated heterocycles. The summed E-state index contributed by atoms with van der Waals surface area (Å²) in [5.74, 6) is 0. The van der Waals surface area contributed by atoms with Crippen LogP contribution in [0.1, 0.15) is 11.1 Å². The normalized spacial score (nSPS) is 11.7. The minimum atomic E-state index is -4.36. The molecule has 0 unspecified atom stereocenters. The third-order valence-electron chi connectivity index (χ3n) is 2.72. The fourth-order valence-electron chi connectivity index (χ4n) is 1.68. The summed E-state index contributed by atoms with van der Waals surface area (Å²) in [4.78, 5) is 4.73. The lowest BCUT2D eigenvalue weighted by atomic mass is 10.1. The fourth-order valence-corrected chi connectivity index (χ4v) is 3.20. The Balaban J connectivity index is 2.13. The van der Waals surface area contributed by atoms with Gasteiger partial charge in [-0.1, -0.05) is 33.8 Å². The van der Waals surface area contributed by atoms with Crippen molar-refractivity contribution in [2.45, 2.75) is 22.5 Å². The summed E-state index contributed by atoms with van der Waals surface area (Å²) in [7, 11) is 0. The van der Waals surface area contributed by atoms with Gasteiger partial charge in [0.1, 0.15) is 5.03 Å². The summed E-state index contributed by atoms with van der Waals surface area (Å²) in [6, 6.07) is 8.17. The van der Waals surface area contributed by atoms with Crippen LogP contribution in [0, 0.1) is 0 Å². The molecule has 0 atom stereocenters. The second-order valence-electron chi connectivity index (χ2n) is 4.28. The van der Waals surface area contributed by atoms with Gasteiger partial charge in [-0.3, -0.25) is 0 Å². The lowest BCUT2D eigenvalue weighted by Gasteiger charge is -2.08. The smallest absolute Gasteiger partial charge is 0.330 e. The number of nitrogens with two attached hydrogens (primary N) is 1. The molecule has 0 aliphatic heterocycles. The van der Waals surface area contributed by atoms with E-state index in [1.54, 1.807) is 0 Å². The predicted octanol–water partition coefficient (Wildman–Crippen LogP) is 4.52. The molecule has 7 heteroatoms. The van der Waals surface area contributed by atoms with Crippen LogP contribution in [-0.4, -0.2) is 11.5 Å². The summed E-state index contributed by atoms with van der Waals surface area (Å²) < 4.78 is 38.3. The Labute approximate surface area is 133 Å². The lowest BCUT2D eigenvalue weighted by molar-refractivity contribution is -0.137. The Morgan fingerprint density at radius 2 is 1.95 bits per heavy atom. The molecule has 0 aliphatic carbocycles. The summed E-state index contributed by atoms with van der Waals surface area (Å²) in [6.07, 6.45) is -2.74. The zero-order valence-electron chi connectivity index (χ0n) is 10.8. The van der Waals surface area contributed by atoms with E-state index in [0.717, 1.165) is 33.6 Å². The maximum absolute atomic E-state index is 12.5. The Hall–Kier alpha value is -1.05. The molecule has 1 aromatic heterocycles. The molecule has 2 rings (SSSR count). The second-order valence-corrected chi connectivity index (χ2v) is 6.22. The van der Waals surface area contributed by atoms with Gasteiger partial charge in [-0.2, -0.15) is 13.2 Å². The van der Waals surface area contributed by atoms with E-state index in [-0.39, 0.29) is 0 Å². The number of nitrogens with zero attached hydrogens (tertiary/aromatic N) is 1. The third kappa shape index (κ3) is 4.46. The maximum Gasteiger partial charge on any atom is 0.417 e. The second kappa shape index (κ2) is 6.81. The average molecular weight is 377 g/mol. The third-order valence-corrected chi connectivity index (χ3v) is 4.40. The van der Waals surface area contributed by atoms with Crippen LogP contribution >= 0.6 is 27.7 Å². The number of halogens is 4. The van der Waals surface area contributed by atoms with Crippen LogP contribution in [-0.2, 0) is 12.6 Å². The molecule has 0 saturated carbocycles. The molecule has 0 fully saturated rings. The predicted molar refractivity (Wildman–Crippen MR) is 80.3 cm³/mol. The number of benzene rings is 1. The molecular weight excluding hydrogens is 365 g/mol. The van der Waals surface area contributed by atoms with E-state index in [0.29, 0.717) is 11.6 Å². The summed E-state index contributed by atoms with van der Waals surface area (Å²) in [5.41, 5.74) is 5.87. The highest BCUT2D eigenvalue weighted by atomic mass is 79.9. The van der Waals surface area contributed by atoms with Gasteiger partial charge >= 0.3 is 6.18 Å². The molecule has 2 aromatic rings. The van der Waals surface area contributed by atoms with Crippen molar-refractivity contribution in [3.8, 4) is 0 Å². The highest BCUT2D eigenvalue weighted by molar-refractivity contribution is 9.10. The molecular formula is C14H12BrF3N2S. The first kappa shape index (κ1) is 16.3. The van der Waals surface area contributed by atoms with Crippen molar-refractivity contribution in [2.24, 2.45) is 5.73 Å². The average Bonchev–Trinajstić information content (AvgIpc) is 2.42. The summed E-state index contributed by atoms with van der Waals surface area (Å²) in [5, 5.41) is 0.515. The zero-order chi connectivity index (χ0) is 15.5. The van der Waals surface area contributed by atoms with Crippen LogP contribution in [0.25, 0.3) is 0 Å². The quantitative estimate of drug-likeness (QED) is 0.852. The highest BCUT2D eigenvalue weighted by Crippen LogP contribution is 2.33. The molecule has 112 valence electrons. The van der Waals surface area contributed by atoms with E-state index in [1.165, 1.54) is 17.8 Å². The van der Waals surface area contributed by atoms with Crippen molar-refractivity contribution in [3.05, 3.63) is 52.1 Å². The Morgan fingerprint density at radius 3 is 2.48 bits per heavy atom. The monoisotopic (exact) mass is 376 g/mol. The topological polar surface area (TPSA) is 38.9 Å². The van der Waals surface area contributed by atoms with Gasteiger partial charge < -0.3 is 5.73 Å². The van der Waals surface area contributed by atoms with Crippen molar-refractivity contribution in [2.75, 3.05) is 6.54 Å². The van der Waals surface area contributed by atoms with Crippen molar-refractivity contribution in [3.63, 3.8) is 0 Å². The molecule has 0 aliphatic rings. The standard InChI is InChI=1S/C14H12BrF3N2S/c15-12-7-11(3-1-9(12)5-6-19)21-13-4-2-10(8-20-13)14(16,17)18/h1-4,7-8H,5-6,19H2. The van der Waals surface area contributed by atoms with Crippen molar-refractivity contribution >= 4 is 27.7 Å². The van der Waals surface area contributed by atoms with E-state index in [4.69, 9.17) is 5.73 Å². The van der Waals surface area contributed by atoms with Crippen molar-refractivity contribution < 1.29 is 13.2 Å². The molecule has 0 spiro atoms. The van der Waals surface area contributed by atoms with Gasteiger partial charge in [0.15, 0.2) is 0 Å². The van der Waals surface area contributed by atoms with Crippen LogP contribution in [0.2, 0.25) is 0 Å². The van der Waals surface area contributed by atoms with E-state index >= 15 is 0 Å². The zero-order valence-corrected chi connectivity index (χ0v) is 13.2. The Kier molecular flexibility index (Phi) is 5.29. The van der Waals surface area contributed by atoms with E-state index < -0.39 is 11.7 Å². The SMILES string of the molecule is NCCc1ccc(Sc2ccc(C(F)(F)F)cn2)cc1Br. The highest BCUT2D eigenvalue weighted by Gasteiger charge is 2.30. The van der Waals surface area contributed by atoms with Crippen molar-refractivity contribution in [1.82, 2.24) is 4.98 Å². The molecule has 1 heterocycles. The first-order chi connectivity index (χ1) is 9.90. The summed E-state index contributed by atoms with van der Waals surface area (Å²) >= 11 is 4.77. The van der Waals surface area contributed by atoms with E-state index in [2.05, 4.69) is 20.9 Å². The molecule has 2 nitrogen and oxygen atoms in total. The van der Waals surface area contributed by atoms with E-state index in [9.17, 15) is 13.2 Å². The van der Waals surface area contributed by atoms with E-state index in [1.807, 2.05) is 18.2 Å². The fraction of sp³-hybridized carbons (Fsp3) is 0.214. The number of hydrogen-bond acceptors (Lipinski definition) is 3. The lowest BCUT2D eigenvalue weighted by Crippen LogP contribution is -2.05. The van der Waals surface area contributed by atoms with Crippen LogP contribution in [0.15, 0.2) is 50.9 Å². The van der Waals surface area contributed by atoms with Crippen LogP contribution < -0.4 is 5.73 Å². The number of aromatic nitrogens is 1. The van der Waals surface area contributed by atoms with Crippen LogP contribution in [0.5, 0.6) is 0 Å². The molecule has 0 radical (unpaired) electrons.